The van der Waals surface area contributed by atoms with Crippen LogP contribution in [0.2, 0.25) is 0 Å². The highest BCUT2D eigenvalue weighted by atomic mass is 32.2. The molecule has 1 amide bonds. The highest BCUT2D eigenvalue weighted by Crippen LogP contribution is 2.47. The highest BCUT2D eigenvalue weighted by Gasteiger charge is 2.47. The topological polar surface area (TPSA) is 91.4 Å². The number of ether oxygens (including phenoxy) is 2. The van der Waals surface area contributed by atoms with E-state index in [0.717, 1.165) is 12.2 Å². The number of halogens is 6. The summed E-state index contributed by atoms with van der Waals surface area (Å²) in [5, 5.41) is 7.02. The third kappa shape index (κ3) is 9.30. The van der Waals surface area contributed by atoms with Crippen molar-refractivity contribution < 1.29 is 40.6 Å². The van der Waals surface area contributed by atoms with E-state index < -0.39 is 46.3 Å². The molecule has 1 aliphatic heterocycles. The summed E-state index contributed by atoms with van der Waals surface area (Å²) < 4.78 is 96.8. The van der Waals surface area contributed by atoms with E-state index in [1.54, 1.807) is 41.0 Å². The highest BCUT2D eigenvalue weighted by molar-refractivity contribution is 8.17. The first-order valence-corrected chi connectivity index (χ1v) is 17.2. The average Bonchev–Trinajstić information content (AvgIpc) is 3.48. The zero-order valence-electron chi connectivity index (χ0n) is 26.8. The minimum absolute atomic E-state index is 0.0243. The second-order valence-electron chi connectivity index (χ2n) is 11.3. The average molecular weight is 719 g/mol. The van der Waals surface area contributed by atoms with Crippen molar-refractivity contribution in [1.82, 2.24) is 14.9 Å². The van der Waals surface area contributed by atoms with Crippen LogP contribution in [0.3, 0.4) is 0 Å². The fourth-order valence-electron chi connectivity index (χ4n) is 5.43. The first-order valence-electron chi connectivity index (χ1n) is 15.8. The maximum absolute atomic E-state index is 14.5. The molecule has 3 aromatic rings. The van der Waals surface area contributed by atoms with Crippen LogP contribution in [0.15, 0.2) is 101 Å². The second kappa shape index (κ2) is 16.6. The zero-order valence-corrected chi connectivity index (χ0v) is 27.7. The number of rotatable bonds is 14. The Hall–Kier alpha value is -4.24. The van der Waals surface area contributed by atoms with Gasteiger partial charge in [-0.15, -0.1) is 10.5 Å². The molecule has 0 fully saturated rings. The van der Waals surface area contributed by atoms with Gasteiger partial charge < -0.3 is 25.1 Å². The van der Waals surface area contributed by atoms with Crippen LogP contribution < -0.4 is 11.1 Å². The summed E-state index contributed by atoms with van der Waals surface area (Å²) in [7, 11) is -0.750. The van der Waals surface area contributed by atoms with Crippen molar-refractivity contribution in [2.75, 3.05) is 39.5 Å². The number of hydrogen-bond donors (Lipinski definition) is 2. The Labute approximate surface area is 288 Å². The normalized spacial score (nSPS) is 17.7. The standard InChI is InChI=1S/C36H36F6N4O3S/c37-35(38,39)28-13-14-29(30(23-28)36(40,41)42)32-45-34(50-21-5-2-6-22-50)31(26-7-3-1-4-8-26)46(32)24-25-9-11-27(12-10-25)33(47)44-16-18-49-20-19-48-17-15-43/h1-14,21-22,28H,15-20,23-24,43H2,(H,44,47). The van der Waals surface area contributed by atoms with E-state index in [1.807, 2.05) is 47.2 Å². The number of carbonyl (C=O) groups excluding carboxylic acids is 1. The summed E-state index contributed by atoms with van der Waals surface area (Å²) in [6.45, 7) is 2.18. The van der Waals surface area contributed by atoms with Gasteiger partial charge >= 0.3 is 12.4 Å². The molecule has 1 aromatic heterocycles. The van der Waals surface area contributed by atoms with Gasteiger partial charge in [0, 0.05) is 41.9 Å². The van der Waals surface area contributed by atoms with Crippen LogP contribution in [0.25, 0.3) is 16.8 Å². The predicted octanol–water partition coefficient (Wildman–Crippen LogP) is 7.29. The largest absolute Gasteiger partial charge is 0.413 e. The van der Waals surface area contributed by atoms with E-state index in [1.165, 1.54) is 0 Å². The molecule has 266 valence electrons. The van der Waals surface area contributed by atoms with Crippen LogP contribution in [0, 0.1) is 5.92 Å². The number of nitrogens with zero attached hydrogens (tertiary/aromatic N) is 2. The fourth-order valence-corrected chi connectivity index (χ4v) is 6.94. The zero-order chi connectivity index (χ0) is 35.7. The number of aromatic nitrogens is 2. The molecule has 5 rings (SSSR count). The molecule has 3 N–H and O–H groups in total. The van der Waals surface area contributed by atoms with Crippen molar-refractivity contribution in [2.24, 2.45) is 11.7 Å². The van der Waals surface area contributed by atoms with Gasteiger partial charge in [0.1, 0.15) is 10.9 Å². The van der Waals surface area contributed by atoms with Gasteiger partial charge in [-0.05, 0) is 34.9 Å². The van der Waals surface area contributed by atoms with Crippen LogP contribution in [-0.2, 0) is 16.0 Å². The van der Waals surface area contributed by atoms with Crippen molar-refractivity contribution in [3.63, 3.8) is 0 Å². The Bertz CT molecular complexity index is 1790. The van der Waals surface area contributed by atoms with E-state index in [2.05, 4.69) is 5.32 Å². The number of nitrogens with one attached hydrogen (secondary N) is 1. The monoisotopic (exact) mass is 718 g/mol. The number of imidazole rings is 1. The lowest BCUT2D eigenvalue weighted by Gasteiger charge is -2.26. The Morgan fingerprint density at radius 3 is 2.30 bits per heavy atom. The van der Waals surface area contributed by atoms with Gasteiger partial charge in [-0.25, -0.2) is 4.98 Å². The molecule has 14 heteroatoms. The summed E-state index contributed by atoms with van der Waals surface area (Å²) in [4.78, 5) is 17.5. The maximum Gasteiger partial charge on any atom is 0.413 e. The van der Waals surface area contributed by atoms with Gasteiger partial charge in [0.15, 0.2) is 0 Å². The van der Waals surface area contributed by atoms with Crippen molar-refractivity contribution in [3.05, 3.63) is 113 Å². The number of allylic oxidation sites excluding steroid dienone is 7. The summed E-state index contributed by atoms with van der Waals surface area (Å²) in [5.41, 5.74) is 5.88. The Kier molecular flexibility index (Phi) is 12.3. The summed E-state index contributed by atoms with van der Waals surface area (Å²) in [6.07, 6.45) is -4.00. The predicted molar refractivity (Wildman–Crippen MR) is 183 cm³/mol. The maximum atomic E-state index is 14.5. The van der Waals surface area contributed by atoms with E-state index >= 15 is 0 Å². The van der Waals surface area contributed by atoms with Crippen LogP contribution in [0.1, 0.15) is 28.2 Å². The SMILES string of the molecule is NCCOCCOCCNC(=O)c1ccc(Cn2c(C3=C(C(F)(F)F)CC(C(F)(F)F)C=C3)nc(S3=CC=CC=C3)c2-c2ccccc2)cc1. The van der Waals surface area contributed by atoms with Crippen LogP contribution in [0.5, 0.6) is 0 Å². The number of carbonyl (C=O) groups is 1. The minimum Gasteiger partial charge on any atom is -0.378 e. The lowest BCUT2D eigenvalue weighted by molar-refractivity contribution is -0.165. The molecule has 0 bridgehead atoms. The van der Waals surface area contributed by atoms with Gasteiger partial charge in [-0.3, -0.25) is 4.79 Å². The number of benzene rings is 2. The van der Waals surface area contributed by atoms with E-state index in [-0.39, 0.29) is 31.4 Å². The van der Waals surface area contributed by atoms with Crippen molar-refractivity contribution in [3.8, 4) is 11.3 Å². The lowest BCUT2D eigenvalue weighted by atomic mass is 9.88. The van der Waals surface area contributed by atoms with Crippen LogP contribution in [-0.4, -0.2) is 72.7 Å². The Balaban J connectivity index is 1.50. The molecule has 2 atom stereocenters. The Morgan fingerprint density at radius 1 is 0.940 bits per heavy atom. The molecule has 1 aliphatic carbocycles. The smallest absolute Gasteiger partial charge is 0.378 e. The van der Waals surface area contributed by atoms with Crippen molar-refractivity contribution in [2.45, 2.75) is 30.3 Å². The molecule has 0 spiro atoms. The van der Waals surface area contributed by atoms with Crippen LogP contribution >= 0.6 is 10.5 Å². The number of nitrogens with two attached hydrogens (primary N) is 1. The number of hydrogen-bond acceptors (Lipinski definition) is 5. The third-order valence-corrected chi connectivity index (χ3v) is 9.48. The second-order valence-corrected chi connectivity index (χ2v) is 13.0. The minimum atomic E-state index is -5.03. The van der Waals surface area contributed by atoms with Crippen molar-refractivity contribution >= 4 is 27.3 Å². The first kappa shape index (κ1) is 37.0. The van der Waals surface area contributed by atoms with Gasteiger partial charge in [0.2, 0.25) is 0 Å². The molecule has 50 heavy (non-hydrogen) atoms. The molecule has 2 unspecified atom stereocenters. The Morgan fingerprint density at radius 2 is 1.66 bits per heavy atom. The number of amides is 1. The van der Waals surface area contributed by atoms with Gasteiger partial charge in [-0.1, -0.05) is 72.8 Å². The van der Waals surface area contributed by atoms with Gasteiger partial charge in [0.05, 0.1) is 38.0 Å². The molecule has 2 aromatic carbocycles. The first-order chi connectivity index (χ1) is 24.0. The summed E-state index contributed by atoms with van der Waals surface area (Å²) >= 11 is 0. The number of alkyl halides is 6. The van der Waals surface area contributed by atoms with Gasteiger partial charge in [-0.2, -0.15) is 26.3 Å². The molecule has 2 aliphatic rings. The molecule has 2 heterocycles. The summed E-state index contributed by atoms with van der Waals surface area (Å²) in [5.74, 6) is -2.71. The van der Waals surface area contributed by atoms with Crippen molar-refractivity contribution in [1.29, 1.82) is 0 Å². The molecular formula is C36H36F6N4O3S. The van der Waals surface area contributed by atoms with E-state index in [0.29, 0.717) is 53.8 Å². The quantitative estimate of drug-likeness (QED) is 0.104. The summed E-state index contributed by atoms with van der Waals surface area (Å²) in [6, 6.07) is 15.6. The van der Waals surface area contributed by atoms with E-state index in [9.17, 15) is 31.1 Å². The van der Waals surface area contributed by atoms with E-state index in [4.69, 9.17) is 20.2 Å². The fraction of sp³-hybridized carbons (Fsp3) is 0.306. The third-order valence-electron chi connectivity index (χ3n) is 7.85. The molecule has 0 saturated carbocycles. The molecule has 7 nitrogen and oxygen atoms in total. The van der Waals surface area contributed by atoms with Crippen LogP contribution in [0.4, 0.5) is 26.3 Å². The molecule has 0 radical (unpaired) electrons. The molecular weight excluding hydrogens is 682 g/mol. The van der Waals surface area contributed by atoms with Gasteiger partial charge in [0.25, 0.3) is 5.91 Å². The lowest BCUT2D eigenvalue weighted by Crippen LogP contribution is -2.28. The molecule has 0 saturated heterocycles.